The maximum atomic E-state index is 12.9. The third-order valence-electron chi connectivity index (χ3n) is 5.07. The van der Waals surface area contributed by atoms with Gasteiger partial charge in [-0.25, -0.2) is 0 Å². The van der Waals surface area contributed by atoms with Gasteiger partial charge in [0, 0.05) is 59.6 Å². The zero-order valence-electron chi connectivity index (χ0n) is 14.1. The molecule has 0 radical (unpaired) electrons. The van der Waals surface area contributed by atoms with E-state index in [4.69, 9.17) is 9.47 Å². The minimum absolute atomic E-state index is 0.0799. The van der Waals surface area contributed by atoms with Crippen LogP contribution in [0.2, 0.25) is 0 Å². The molecule has 3 atom stereocenters. The fourth-order valence-electron chi connectivity index (χ4n) is 3.88. The molecule has 2 aliphatic heterocycles. The van der Waals surface area contributed by atoms with Gasteiger partial charge in [-0.1, -0.05) is 0 Å². The lowest BCUT2D eigenvalue weighted by Gasteiger charge is -2.41. The quantitative estimate of drug-likeness (QED) is 0.776. The van der Waals surface area contributed by atoms with Crippen LogP contribution in [0.15, 0.2) is 12.4 Å². The van der Waals surface area contributed by atoms with Crippen LogP contribution in [0, 0.1) is 5.92 Å². The third kappa shape index (κ3) is 3.27. The van der Waals surface area contributed by atoms with Crippen molar-refractivity contribution in [3.05, 3.63) is 18.0 Å². The minimum Gasteiger partial charge on any atom is -0.383 e. The number of aryl methyl sites for hydroxylation is 1. The zero-order chi connectivity index (χ0) is 16.4. The molecule has 0 unspecified atom stereocenters. The number of amides is 1. The van der Waals surface area contributed by atoms with Crippen LogP contribution < -0.4 is 0 Å². The summed E-state index contributed by atoms with van der Waals surface area (Å²) in [5.74, 6) is 0.447. The highest BCUT2D eigenvalue weighted by atomic mass is 16.5. The molecular formula is C16H26N4O3. The van der Waals surface area contributed by atoms with Crippen LogP contribution >= 0.6 is 0 Å². The number of carbonyl (C=O) groups excluding carboxylic acids is 1. The number of carbonyl (C=O) groups is 1. The summed E-state index contributed by atoms with van der Waals surface area (Å²) in [5.41, 5.74) is 0.664. The van der Waals surface area contributed by atoms with Gasteiger partial charge in [0.05, 0.1) is 30.5 Å². The maximum absolute atomic E-state index is 12.9. The highest BCUT2D eigenvalue weighted by Crippen LogP contribution is 2.33. The summed E-state index contributed by atoms with van der Waals surface area (Å²) in [6, 6.07) is 0.207. The molecule has 7 nitrogen and oxygen atoms in total. The molecular weight excluding hydrogens is 296 g/mol. The normalized spacial score (nSPS) is 28.1. The molecule has 3 rings (SSSR count). The lowest BCUT2D eigenvalue weighted by atomic mass is 9.88. The van der Waals surface area contributed by atoms with Crippen LogP contribution in [-0.4, -0.2) is 84.6 Å². The van der Waals surface area contributed by atoms with Crippen LogP contribution in [0.25, 0.3) is 0 Å². The van der Waals surface area contributed by atoms with E-state index >= 15 is 0 Å². The molecule has 3 heterocycles. The Morgan fingerprint density at radius 2 is 2.22 bits per heavy atom. The van der Waals surface area contributed by atoms with E-state index in [0.717, 1.165) is 32.6 Å². The molecule has 0 aromatic carbocycles. The molecule has 2 fully saturated rings. The number of hydrogen-bond acceptors (Lipinski definition) is 5. The summed E-state index contributed by atoms with van der Waals surface area (Å²) >= 11 is 0. The van der Waals surface area contributed by atoms with Crippen LogP contribution in [0.5, 0.6) is 0 Å². The standard InChI is InChI=1S/C16H26N4O3/c1-18-9-12(8-17-18)16(21)20-5-4-15(23-3)13-10-19(6-7-22-2)11-14(13)20/h8-9,13-15H,4-7,10-11H2,1-3H3/t13-,14+,15-/m0/s1. The molecule has 0 bridgehead atoms. The lowest BCUT2D eigenvalue weighted by molar-refractivity contribution is -0.0157. The Labute approximate surface area is 137 Å². The van der Waals surface area contributed by atoms with E-state index < -0.39 is 0 Å². The van der Waals surface area contributed by atoms with E-state index in [1.807, 2.05) is 11.9 Å². The summed E-state index contributed by atoms with van der Waals surface area (Å²) < 4.78 is 12.5. The molecule has 0 aliphatic carbocycles. The Morgan fingerprint density at radius 3 is 2.87 bits per heavy atom. The summed E-state index contributed by atoms with van der Waals surface area (Å²) in [6.07, 6.45) is 4.56. The molecule has 128 valence electrons. The number of fused-ring (bicyclic) bond motifs is 1. The first kappa shape index (κ1) is 16.4. The largest absolute Gasteiger partial charge is 0.383 e. The van der Waals surface area contributed by atoms with Gasteiger partial charge in [-0.15, -0.1) is 0 Å². The second kappa shape index (κ2) is 6.98. The molecule has 7 heteroatoms. The molecule has 2 aliphatic rings. The van der Waals surface area contributed by atoms with Gasteiger partial charge in [-0.05, 0) is 6.42 Å². The second-order valence-corrected chi connectivity index (χ2v) is 6.45. The van der Waals surface area contributed by atoms with E-state index in [1.165, 1.54) is 0 Å². The maximum Gasteiger partial charge on any atom is 0.257 e. The smallest absolute Gasteiger partial charge is 0.257 e. The molecule has 0 saturated carbocycles. The number of aromatic nitrogens is 2. The average molecular weight is 322 g/mol. The molecule has 0 N–H and O–H groups in total. The van der Waals surface area contributed by atoms with Crippen molar-refractivity contribution in [1.82, 2.24) is 19.6 Å². The zero-order valence-corrected chi connectivity index (χ0v) is 14.1. The van der Waals surface area contributed by atoms with Crippen molar-refractivity contribution in [3.8, 4) is 0 Å². The fraction of sp³-hybridized carbons (Fsp3) is 0.750. The van der Waals surface area contributed by atoms with E-state index in [0.29, 0.717) is 18.1 Å². The van der Waals surface area contributed by atoms with Crippen molar-refractivity contribution in [2.45, 2.75) is 18.6 Å². The van der Waals surface area contributed by atoms with Gasteiger partial charge in [0.1, 0.15) is 0 Å². The lowest BCUT2D eigenvalue weighted by Crippen LogP contribution is -2.53. The van der Waals surface area contributed by atoms with E-state index in [9.17, 15) is 4.79 Å². The highest BCUT2D eigenvalue weighted by molar-refractivity contribution is 5.94. The number of ether oxygens (including phenoxy) is 2. The number of piperidine rings is 1. The van der Waals surface area contributed by atoms with Crippen molar-refractivity contribution in [3.63, 3.8) is 0 Å². The molecule has 0 spiro atoms. The fourth-order valence-corrected chi connectivity index (χ4v) is 3.88. The molecule has 1 aromatic rings. The van der Waals surface area contributed by atoms with Crippen LogP contribution in [0.3, 0.4) is 0 Å². The topological polar surface area (TPSA) is 59.8 Å². The van der Waals surface area contributed by atoms with E-state index in [-0.39, 0.29) is 18.1 Å². The summed E-state index contributed by atoms with van der Waals surface area (Å²) in [6.45, 7) is 4.21. The first-order valence-electron chi connectivity index (χ1n) is 8.17. The van der Waals surface area contributed by atoms with Crippen molar-refractivity contribution >= 4 is 5.91 Å². The number of methoxy groups -OCH3 is 2. The first-order chi connectivity index (χ1) is 11.1. The Bertz CT molecular complexity index is 547. The van der Waals surface area contributed by atoms with E-state index in [2.05, 4.69) is 10.00 Å². The molecule has 1 aromatic heterocycles. The van der Waals surface area contributed by atoms with Crippen LogP contribution in [0.4, 0.5) is 0 Å². The summed E-state index contributed by atoms with van der Waals surface area (Å²) in [4.78, 5) is 17.3. The monoisotopic (exact) mass is 322 g/mol. The minimum atomic E-state index is 0.0799. The summed E-state index contributed by atoms with van der Waals surface area (Å²) in [5, 5.41) is 4.12. The van der Waals surface area contributed by atoms with E-state index in [1.54, 1.807) is 31.3 Å². The Kier molecular flexibility index (Phi) is 4.99. The number of nitrogens with zero attached hydrogens (tertiary/aromatic N) is 4. The first-order valence-corrected chi connectivity index (χ1v) is 8.17. The number of likely N-dealkylation sites (tertiary alicyclic amines) is 2. The van der Waals surface area contributed by atoms with Gasteiger partial charge in [-0.3, -0.25) is 14.4 Å². The second-order valence-electron chi connectivity index (χ2n) is 6.45. The third-order valence-corrected chi connectivity index (χ3v) is 5.07. The van der Waals surface area contributed by atoms with Gasteiger partial charge in [0.2, 0.25) is 0 Å². The Morgan fingerprint density at radius 1 is 1.39 bits per heavy atom. The molecule has 1 amide bonds. The van der Waals surface area contributed by atoms with Crippen molar-refractivity contribution < 1.29 is 14.3 Å². The Balaban J connectivity index is 1.75. The van der Waals surface area contributed by atoms with Gasteiger partial charge < -0.3 is 14.4 Å². The predicted molar refractivity (Wildman–Crippen MR) is 85.3 cm³/mol. The van der Waals surface area contributed by atoms with Crippen molar-refractivity contribution in [2.75, 3.05) is 47.0 Å². The van der Waals surface area contributed by atoms with Gasteiger partial charge in [-0.2, -0.15) is 5.10 Å². The predicted octanol–water partition coefficient (Wildman–Crippen LogP) is 0.228. The number of rotatable bonds is 5. The average Bonchev–Trinajstić information content (AvgIpc) is 3.17. The van der Waals surface area contributed by atoms with Crippen molar-refractivity contribution in [1.29, 1.82) is 0 Å². The Hall–Kier alpha value is -1.44. The van der Waals surface area contributed by atoms with Crippen LogP contribution in [0.1, 0.15) is 16.8 Å². The SMILES string of the molecule is COCCN1C[C@@H]2[C@@H](OC)CCN(C(=O)c3cnn(C)c3)[C@@H]2C1. The van der Waals surface area contributed by atoms with Crippen molar-refractivity contribution in [2.24, 2.45) is 13.0 Å². The molecule has 2 saturated heterocycles. The van der Waals surface area contributed by atoms with Crippen LogP contribution in [-0.2, 0) is 16.5 Å². The van der Waals surface area contributed by atoms with Gasteiger partial charge in [0.15, 0.2) is 0 Å². The molecule has 23 heavy (non-hydrogen) atoms. The highest BCUT2D eigenvalue weighted by Gasteiger charge is 2.46. The number of hydrogen-bond donors (Lipinski definition) is 0. The summed E-state index contributed by atoms with van der Waals surface area (Å²) in [7, 11) is 5.33. The van der Waals surface area contributed by atoms with Gasteiger partial charge >= 0.3 is 0 Å². The van der Waals surface area contributed by atoms with Gasteiger partial charge in [0.25, 0.3) is 5.91 Å².